The average molecular weight is 396 g/mol. The van der Waals surface area contributed by atoms with Crippen molar-refractivity contribution in [1.82, 2.24) is 25.2 Å². The molecule has 0 aliphatic heterocycles. The van der Waals surface area contributed by atoms with E-state index in [1.165, 1.54) is 0 Å². The van der Waals surface area contributed by atoms with Crippen LogP contribution in [0.3, 0.4) is 0 Å². The quantitative estimate of drug-likeness (QED) is 0.311. The van der Waals surface area contributed by atoms with E-state index in [0.717, 1.165) is 54.8 Å². The standard InChI is InChI=1S/C21H28N6O2/c1-3-29-14-4-11-23-21(24-15-17-5-7-19(28-2)8-6-17)25-16-18-9-12-22-20-10-13-26-27(18)20/h5-10,12-13H,3-4,11,14-16H2,1-2H3,(H2,23,24,25). The molecule has 0 saturated heterocycles. The van der Waals surface area contributed by atoms with Crippen molar-refractivity contribution in [2.75, 3.05) is 26.9 Å². The van der Waals surface area contributed by atoms with Crippen LogP contribution in [0.2, 0.25) is 0 Å². The molecule has 0 aliphatic rings. The summed E-state index contributed by atoms with van der Waals surface area (Å²) in [5.74, 6) is 1.58. The average Bonchev–Trinajstić information content (AvgIpc) is 3.25. The molecular weight excluding hydrogens is 368 g/mol. The monoisotopic (exact) mass is 396 g/mol. The van der Waals surface area contributed by atoms with Crippen molar-refractivity contribution in [2.45, 2.75) is 26.4 Å². The van der Waals surface area contributed by atoms with Gasteiger partial charge in [0.2, 0.25) is 0 Å². The SMILES string of the molecule is CCOCCCNC(=NCc1ccc(OC)cc1)NCc1ccnc2ccnn12. The lowest BCUT2D eigenvalue weighted by Gasteiger charge is -2.13. The van der Waals surface area contributed by atoms with E-state index in [2.05, 4.69) is 20.7 Å². The Balaban J connectivity index is 1.63. The van der Waals surface area contributed by atoms with Gasteiger partial charge in [0.15, 0.2) is 11.6 Å². The van der Waals surface area contributed by atoms with Gasteiger partial charge in [-0.15, -0.1) is 0 Å². The van der Waals surface area contributed by atoms with Gasteiger partial charge >= 0.3 is 0 Å². The van der Waals surface area contributed by atoms with E-state index < -0.39 is 0 Å². The molecule has 0 bridgehead atoms. The number of methoxy groups -OCH3 is 1. The highest BCUT2D eigenvalue weighted by Crippen LogP contribution is 2.11. The lowest BCUT2D eigenvalue weighted by molar-refractivity contribution is 0.145. The summed E-state index contributed by atoms with van der Waals surface area (Å²) in [5, 5.41) is 11.1. The van der Waals surface area contributed by atoms with Gasteiger partial charge in [-0.3, -0.25) is 0 Å². The van der Waals surface area contributed by atoms with Gasteiger partial charge in [0.1, 0.15) is 5.75 Å². The van der Waals surface area contributed by atoms with Crippen molar-refractivity contribution in [3.05, 3.63) is 60.0 Å². The topological polar surface area (TPSA) is 85.1 Å². The van der Waals surface area contributed by atoms with Crippen LogP contribution < -0.4 is 15.4 Å². The van der Waals surface area contributed by atoms with Crippen molar-refractivity contribution in [2.24, 2.45) is 4.99 Å². The first kappa shape index (κ1) is 20.6. The van der Waals surface area contributed by atoms with Crippen molar-refractivity contribution in [3.63, 3.8) is 0 Å². The molecule has 3 aromatic rings. The number of benzene rings is 1. The molecule has 0 saturated carbocycles. The third kappa shape index (κ3) is 6.18. The first-order valence-corrected chi connectivity index (χ1v) is 9.80. The summed E-state index contributed by atoms with van der Waals surface area (Å²) in [7, 11) is 1.66. The molecule has 0 amide bonds. The van der Waals surface area contributed by atoms with E-state index in [1.807, 2.05) is 47.8 Å². The minimum Gasteiger partial charge on any atom is -0.497 e. The summed E-state index contributed by atoms with van der Waals surface area (Å²) in [4.78, 5) is 9.02. The van der Waals surface area contributed by atoms with Gasteiger partial charge in [-0.05, 0) is 37.1 Å². The summed E-state index contributed by atoms with van der Waals surface area (Å²) in [6, 6.07) is 11.8. The minimum absolute atomic E-state index is 0.568. The molecule has 154 valence electrons. The van der Waals surface area contributed by atoms with Gasteiger partial charge in [-0.2, -0.15) is 5.10 Å². The Morgan fingerprint density at radius 2 is 1.97 bits per heavy atom. The zero-order valence-electron chi connectivity index (χ0n) is 17.0. The lowest BCUT2D eigenvalue weighted by atomic mass is 10.2. The van der Waals surface area contributed by atoms with Gasteiger partial charge in [-0.1, -0.05) is 12.1 Å². The minimum atomic E-state index is 0.568. The maximum absolute atomic E-state index is 5.40. The number of aromatic nitrogens is 3. The highest BCUT2D eigenvalue weighted by molar-refractivity contribution is 5.79. The van der Waals surface area contributed by atoms with Crippen LogP contribution in [-0.2, 0) is 17.8 Å². The number of nitrogens with zero attached hydrogens (tertiary/aromatic N) is 4. The van der Waals surface area contributed by atoms with Crippen molar-refractivity contribution in [1.29, 1.82) is 0 Å². The summed E-state index contributed by atoms with van der Waals surface area (Å²) >= 11 is 0. The Bertz CT molecular complexity index is 907. The molecule has 8 nitrogen and oxygen atoms in total. The number of guanidine groups is 1. The molecule has 0 spiro atoms. The number of aliphatic imine (C=N–C) groups is 1. The molecule has 0 fully saturated rings. The molecule has 1 aromatic carbocycles. The fraction of sp³-hybridized carbons (Fsp3) is 0.381. The van der Waals surface area contributed by atoms with Crippen LogP contribution in [0, 0.1) is 0 Å². The number of hydrogen-bond acceptors (Lipinski definition) is 5. The van der Waals surface area contributed by atoms with Gasteiger partial charge in [0.05, 0.1) is 32.1 Å². The predicted molar refractivity (Wildman–Crippen MR) is 113 cm³/mol. The van der Waals surface area contributed by atoms with Crippen LogP contribution in [0.25, 0.3) is 5.65 Å². The molecular formula is C21H28N6O2. The fourth-order valence-corrected chi connectivity index (χ4v) is 2.79. The van der Waals surface area contributed by atoms with Crippen LogP contribution in [0.5, 0.6) is 5.75 Å². The van der Waals surface area contributed by atoms with Crippen molar-refractivity contribution in [3.8, 4) is 5.75 Å². The van der Waals surface area contributed by atoms with Gasteiger partial charge < -0.3 is 20.1 Å². The summed E-state index contributed by atoms with van der Waals surface area (Å²) in [6.07, 6.45) is 4.45. The predicted octanol–water partition coefficient (Wildman–Crippen LogP) is 2.40. The number of fused-ring (bicyclic) bond motifs is 1. The smallest absolute Gasteiger partial charge is 0.191 e. The zero-order valence-corrected chi connectivity index (χ0v) is 17.0. The second kappa shape index (κ2) is 11.0. The molecule has 29 heavy (non-hydrogen) atoms. The molecule has 0 aliphatic carbocycles. The van der Waals surface area contributed by atoms with Crippen LogP contribution in [-0.4, -0.2) is 47.4 Å². The molecule has 2 heterocycles. The molecule has 0 atom stereocenters. The highest BCUT2D eigenvalue weighted by atomic mass is 16.5. The number of hydrogen-bond donors (Lipinski definition) is 2. The van der Waals surface area contributed by atoms with Crippen molar-refractivity contribution < 1.29 is 9.47 Å². The Hall–Kier alpha value is -3.13. The lowest BCUT2D eigenvalue weighted by Crippen LogP contribution is -2.38. The van der Waals surface area contributed by atoms with Gasteiger partial charge in [0, 0.05) is 32.0 Å². The Labute approximate surface area is 171 Å². The van der Waals surface area contributed by atoms with Crippen molar-refractivity contribution >= 4 is 11.6 Å². The zero-order chi connectivity index (χ0) is 20.3. The Kier molecular flexibility index (Phi) is 7.82. The van der Waals surface area contributed by atoms with E-state index in [1.54, 1.807) is 19.5 Å². The second-order valence-electron chi connectivity index (χ2n) is 6.38. The molecule has 2 N–H and O–H groups in total. The molecule has 3 rings (SSSR count). The van der Waals surface area contributed by atoms with Crippen LogP contribution in [0.4, 0.5) is 0 Å². The van der Waals surface area contributed by atoms with E-state index in [0.29, 0.717) is 13.1 Å². The maximum Gasteiger partial charge on any atom is 0.191 e. The summed E-state index contributed by atoms with van der Waals surface area (Å²) in [6.45, 7) is 5.40. The normalized spacial score (nSPS) is 11.6. The number of rotatable bonds is 10. The number of nitrogens with one attached hydrogen (secondary N) is 2. The van der Waals surface area contributed by atoms with Crippen LogP contribution in [0.1, 0.15) is 24.6 Å². The summed E-state index contributed by atoms with van der Waals surface area (Å²) < 4.78 is 12.4. The first-order valence-electron chi connectivity index (χ1n) is 9.80. The second-order valence-corrected chi connectivity index (χ2v) is 6.38. The van der Waals surface area contributed by atoms with Crippen LogP contribution >= 0.6 is 0 Å². The third-order valence-corrected chi connectivity index (χ3v) is 4.35. The van der Waals surface area contributed by atoms with Gasteiger partial charge in [0.25, 0.3) is 0 Å². The Morgan fingerprint density at radius 3 is 2.76 bits per heavy atom. The van der Waals surface area contributed by atoms with E-state index in [9.17, 15) is 0 Å². The largest absolute Gasteiger partial charge is 0.497 e. The molecule has 8 heteroatoms. The highest BCUT2D eigenvalue weighted by Gasteiger charge is 2.04. The third-order valence-electron chi connectivity index (χ3n) is 4.35. The van der Waals surface area contributed by atoms with E-state index >= 15 is 0 Å². The van der Waals surface area contributed by atoms with Gasteiger partial charge in [-0.25, -0.2) is 14.5 Å². The maximum atomic E-state index is 5.40. The summed E-state index contributed by atoms with van der Waals surface area (Å²) in [5.41, 5.74) is 2.94. The van der Waals surface area contributed by atoms with E-state index in [4.69, 9.17) is 14.5 Å². The molecule has 0 unspecified atom stereocenters. The molecule has 0 radical (unpaired) electrons. The first-order chi connectivity index (χ1) is 14.3. The fourth-order valence-electron chi connectivity index (χ4n) is 2.79. The van der Waals surface area contributed by atoms with Crippen LogP contribution in [0.15, 0.2) is 53.8 Å². The Morgan fingerprint density at radius 1 is 1.10 bits per heavy atom. The number of ether oxygens (including phenoxy) is 2. The van der Waals surface area contributed by atoms with E-state index in [-0.39, 0.29) is 0 Å². The molecule has 2 aromatic heterocycles.